The fraction of sp³-hybridized carbons (Fsp3) is 0.214. The van der Waals surface area contributed by atoms with Gasteiger partial charge in [0.2, 0.25) is 0 Å². The van der Waals surface area contributed by atoms with Gasteiger partial charge in [-0.2, -0.15) is 0 Å². The largest absolute Gasteiger partial charge is 0.507 e. The zero-order chi connectivity index (χ0) is 26.1. The van der Waals surface area contributed by atoms with E-state index in [0.717, 1.165) is 10.3 Å². The number of nitrogens with zero attached hydrogens (tertiary/aromatic N) is 3. The lowest BCUT2D eigenvalue weighted by atomic mass is 9.97. The molecule has 5 rings (SSSR count). The Labute approximate surface area is 217 Å². The SMILES string of the molecule is CCOc1ccc2nc(N3C(=O)C(=O)/C(=C(/O)c4ccc(OCC)c(C)c4)C3c3ccccn3)sc2c1. The average Bonchev–Trinajstić information content (AvgIpc) is 3.43. The van der Waals surface area contributed by atoms with Crippen LogP contribution < -0.4 is 14.4 Å². The van der Waals surface area contributed by atoms with Gasteiger partial charge in [0.25, 0.3) is 5.78 Å². The minimum Gasteiger partial charge on any atom is -0.507 e. The van der Waals surface area contributed by atoms with Crippen LogP contribution in [0.2, 0.25) is 0 Å². The zero-order valence-corrected chi connectivity index (χ0v) is 21.4. The van der Waals surface area contributed by atoms with Crippen molar-refractivity contribution in [3.8, 4) is 11.5 Å². The summed E-state index contributed by atoms with van der Waals surface area (Å²) in [5.74, 6) is -0.471. The first-order valence-corrected chi connectivity index (χ1v) is 12.7. The maximum absolute atomic E-state index is 13.4. The highest BCUT2D eigenvalue weighted by Crippen LogP contribution is 2.44. The molecule has 4 aromatic rings. The molecule has 0 saturated carbocycles. The van der Waals surface area contributed by atoms with E-state index >= 15 is 0 Å². The van der Waals surface area contributed by atoms with Crippen molar-refractivity contribution in [1.82, 2.24) is 9.97 Å². The van der Waals surface area contributed by atoms with E-state index in [4.69, 9.17) is 9.47 Å². The van der Waals surface area contributed by atoms with Crippen LogP contribution in [0.3, 0.4) is 0 Å². The maximum atomic E-state index is 13.4. The molecule has 0 radical (unpaired) electrons. The molecule has 2 aromatic carbocycles. The quantitative estimate of drug-likeness (QED) is 0.199. The van der Waals surface area contributed by atoms with Crippen molar-refractivity contribution in [1.29, 1.82) is 0 Å². The number of Topliss-reactive ketones (excluding diaryl/α,β-unsaturated/α-hetero) is 1. The summed E-state index contributed by atoms with van der Waals surface area (Å²) in [6, 6.07) is 14.9. The van der Waals surface area contributed by atoms with Crippen LogP contribution >= 0.6 is 11.3 Å². The predicted molar refractivity (Wildman–Crippen MR) is 142 cm³/mol. The van der Waals surface area contributed by atoms with E-state index in [1.807, 2.05) is 39.0 Å². The molecule has 1 unspecified atom stereocenters. The highest BCUT2D eigenvalue weighted by atomic mass is 32.1. The number of carbonyl (C=O) groups is 2. The van der Waals surface area contributed by atoms with Crippen LogP contribution in [0.15, 0.2) is 66.4 Å². The molecule has 1 aliphatic heterocycles. The number of carbonyl (C=O) groups excluding carboxylic acids is 2. The lowest BCUT2D eigenvalue weighted by Crippen LogP contribution is -2.29. The second-order valence-electron chi connectivity index (χ2n) is 8.40. The number of ketones is 1. The van der Waals surface area contributed by atoms with Gasteiger partial charge in [0.1, 0.15) is 23.3 Å². The Bertz CT molecular complexity index is 1530. The Hall–Kier alpha value is -4.24. The first-order valence-electron chi connectivity index (χ1n) is 11.9. The number of ether oxygens (including phenoxy) is 2. The minimum absolute atomic E-state index is 0.0403. The van der Waals surface area contributed by atoms with Crippen LogP contribution in [0.4, 0.5) is 5.13 Å². The van der Waals surface area contributed by atoms with E-state index < -0.39 is 17.7 Å². The van der Waals surface area contributed by atoms with Crippen molar-refractivity contribution in [2.45, 2.75) is 26.8 Å². The minimum atomic E-state index is -0.944. The number of thiazole rings is 1. The Morgan fingerprint density at radius 1 is 1.05 bits per heavy atom. The number of fused-ring (bicyclic) bond motifs is 1. The van der Waals surface area contributed by atoms with E-state index in [2.05, 4.69) is 9.97 Å². The number of benzene rings is 2. The van der Waals surface area contributed by atoms with Crippen LogP contribution in [0.1, 0.15) is 36.7 Å². The maximum Gasteiger partial charge on any atom is 0.301 e. The molecule has 0 spiro atoms. The molecular weight excluding hydrogens is 490 g/mol. The summed E-state index contributed by atoms with van der Waals surface area (Å²) < 4.78 is 12.0. The third-order valence-corrected chi connectivity index (χ3v) is 7.04. The van der Waals surface area contributed by atoms with Gasteiger partial charge in [0.05, 0.1) is 34.7 Å². The van der Waals surface area contributed by atoms with Crippen LogP contribution in [-0.2, 0) is 9.59 Å². The fourth-order valence-corrected chi connectivity index (χ4v) is 5.39. The molecule has 188 valence electrons. The number of aliphatic hydroxyl groups is 1. The highest BCUT2D eigenvalue weighted by molar-refractivity contribution is 7.22. The lowest BCUT2D eigenvalue weighted by Gasteiger charge is -2.22. The van der Waals surface area contributed by atoms with Crippen molar-refractivity contribution in [3.05, 3.63) is 83.2 Å². The van der Waals surface area contributed by atoms with Gasteiger partial charge in [0.15, 0.2) is 5.13 Å². The molecule has 1 N–H and O–H groups in total. The Morgan fingerprint density at radius 3 is 2.57 bits per heavy atom. The number of rotatable bonds is 7. The van der Waals surface area contributed by atoms with Crippen molar-refractivity contribution in [2.75, 3.05) is 18.1 Å². The Morgan fingerprint density at radius 2 is 1.86 bits per heavy atom. The van der Waals surface area contributed by atoms with E-state index in [0.29, 0.717) is 46.6 Å². The van der Waals surface area contributed by atoms with Crippen LogP contribution in [-0.4, -0.2) is 40.0 Å². The average molecular weight is 516 g/mol. The number of hydrogen-bond acceptors (Lipinski definition) is 8. The molecule has 1 atom stereocenters. The highest BCUT2D eigenvalue weighted by Gasteiger charge is 2.48. The predicted octanol–water partition coefficient (Wildman–Crippen LogP) is 5.42. The standard InChI is InChI=1S/C28H25N3O5S/c1-4-35-18-10-11-19-22(15-18)37-28(30-19)31-24(20-8-6-7-13-29-20)23(26(33)27(31)34)25(32)17-9-12-21(36-5-2)16(3)14-17/h6-15,24,32H,4-5H2,1-3H3/b25-23+. The second kappa shape index (κ2) is 10.0. The van der Waals surface area contributed by atoms with Crippen molar-refractivity contribution in [2.24, 2.45) is 0 Å². The van der Waals surface area contributed by atoms with Crippen LogP contribution in [0.25, 0.3) is 16.0 Å². The normalized spacial score (nSPS) is 16.9. The molecular formula is C28H25N3O5S. The van der Waals surface area contributed by atoms with Gasteiger partial charge >= 0.3 is 5.91 Å². The van der Waals surface area contributed by atoms with Gasteiger partial charge in [-0.1, -0.05) is 17.4 Å². The fourth-order valence-electron chi connectivity index (χ4n) is 4.37. The molecule has 1 amide bonds. The summed E-state index contributed by atoms with van der Waals surface area (Å²) in [7, 11) is 0. The third kappa shape index (κ3) is 4.42. The van der Waals surface area contributed by atoms with E-state index in [1.54, 1.807) is 42.6 Å². The van der Waals surface area contributed by atoms with E-state index in [9.17, 15) is 14.7 Å². The second-order valence-corrected chi connectivity index (χ2v) is 9.41. The van der Waals surface area contributed by atoms with Crippen molar-refractivity contribution >= 4 is 44.1 Å². The summed E-state index contributed by atoms with van der Waals surface area (Å²) in [5, 5.41) is 11.7. The molecule has 2 aromatic heterocycles. The number of anilines is 1. The lowest BCUT2D eigenvalue weighted by molar-refractivity contribution is -0.132. The number of amides is 1. The molecule has 3 heterocycles. The summed E-state index contributed by atoms with van der Waals surface area (Å²) >= 11 is 1.27. The van der Waals surface area contributed by atoms with Gasteiger partial charge in [-0.15, -0.1) is 0 Å². The van der Waals surface area contributed by atoms with Gasteiger partial charge < -0.3 is 14.6 Å². The molecule has 0 aliphatic carbocycles. The molecule has 1 fully saturated rings. The van der Waals surface area contributed by atoms with Gasteiger partial charge in [-0.25, -0.2) is 4.98 Å². The number of aliphatic hydroxyl groups excluding tert-OH is 1. The van der Waals surface area contributed by atoms with Crippen LogP contribution in [0.5, 0.6) is 11.5 Å². The van der Waals surface area contributed by atoms with Crippen LogP contribution in [0, 0.1) is 6.92 Å². The van der Waals surface area contributed by atoms with Crippen molar-refractivity contribution in [3.63, 3.8) is 0 Å². The smallest absolute Gasteiger partial charge is 0.301 e. The molecule has 1 saturated heterocycles. The van der Waals surface area contributed by atoms with Gasteiger partial charge in [-0.3, -0.25) is 19.5 Å². The summed E-state index contributed by atoms with van der Waals surface area (Å²) in [5.41, 5.74) is 2.28. The summed E-state index contributed by atoms with van der Waals surface area (Å²) in [6.45, 7) is 6.68. The molecule has 37 heavy (non-hydrogen) atoms. The Kier molecular flexibility index (Phi) is 6.62. The molecule has 1 aliphatic rings. The first-order chi connectivity index (χ1) is 17.9. The van der Waals surface area contributed by atoms with E-state index in [-0.39, 0.29) is 11.3 Å². The van der Waals surface area contributed by atoms with Gasteiger partial charge in [-0.05, 0) is 74.9 Å². The third-order valence-electron chi connectivity index (χ3n) is 6.03. The Balaban J connectivity index is 1.66. The van der Waals surface area contributed by atoms with Gasteiger partial charge in [0, 0.05) is 11.8 Å². The molecule has 9 heteroatoms. The number of pyridine rings is 1. The number of hydrogen-bond donors (Lipinski definition) is 1. The summed E-state index contributed by atoms with van der Waals surface area (Å²) in [4.78, 5) is 37.2. The first kappa shape index (κ1) is 24.5. The summed E-state index contributed by atoms with van der Waals surface area (Å²) in [6.07, 6.45) is 1.59. The topological polar surface area (TPSA) is 102 Å². The molecule has 0 bridgehead atoms. The molecule has 8 nitrogen and oxygen atoms in total. The monoisotopic (exact) mass is 515 g/mol. The number of aryl methyl sites for hydroxylation is 1. The van der Waals surface area contributed by atoms with E-state index in [1.165, 1.54) is 16.2 Å². The number of aromatic nitrogens is 2. The zero-order valence-electron chi connectivity index (χ0n) is 20.6. The van der Waals surface area contributed by atoms with Crippen molar-refractivity contribution < 1.29 is 24.2 Å².